The summed E-state index contributed by atoms with van der Waals surface area (Å²) < 4.78 is 59.0. The molecule has 26 heteroatoms. The van der Waals surface area contributed by atoms with Gasteiger partial charge in [0.15, 0.2) is 25.2 Å². The summed E-state index contributed by atoms with van der Waals surface area (Å²) in [4.78, 5) is 15.2. The average molecular weight is 1220 g/mol. The number of allylic oxidation sites excluding steroid dienone is 2. The zero-order valence-corrected chi connectivity index (χ0v) is 49.8. The van der Waals surface area contributed by atoms with Gasteiger partial charge in [-0.2, -0.15) is 0 Å². The highest BCUT2D eigenvalue weighted by atomic mass is 16.8. The number of esters is 1. The topological polar surface area (TPSA) is 413 Å². The summed E-state index contributed by atoms with van der Waals surface area (Å²) in [5.74, 6) is -0.482. The molecule has 26 nitrogen and oxygen atoms in total. The van der Waals surface area contributed by atoms with Crippen molar-refractivity contribution in [3.63, 3.8) is 0 Å². The number of fused-ring (bicyclic) bond motifs is 7. The Labute approximate surface area is 494 Å². The normalized spacial score (nSPS) is 54.1. The van der Waals surface area contributed by atoms with E-state index in [0.29, 0.717) is 38.5 Å². The van der Waals surface area contributed by atoms with E-state index >= 15 is 4.79 Å². The summed E-state index contributed by atoms with van der Waals surface area (Å²) in [5.41, 5.74) is -1.17. The van der Waals surface area contributed by atoms with Crippen molar-refractivity contribution in [2.45, 2.75) is 273 Å². The van der Waals surface area contributed by atoms with Crippen molar-refractivity contribution in [2.24, 2.45) is 50.2 Å². The molecule has 5 saturated heterocycles. The lowest BCUT2D eigenvalue weighted by molar-refractivity contribution is -0.361. The SMILES string of the molecule is C[C@@H]1O[C@H](O[C@@H]2[C@@H](O)[C@H](O)[C@@H](OC[C@@H]3O[C@H](OC(=O)[C@@]45CCC(C)(C)C[C@H]4C4=CC[C@H]6[C@]7(C)CC[C@H](O[C@H]8OC[C@H](O)[C@@H](O[C@H]9O[C@@H](CO)[C@H](O)[C@@H](O)[C@@H]9O)[C@@H]8O)C(C)(C)[C@H]7CC[C@@]6(C)[C@]4(C)CC5)[C@@H](O)[C@H](O)[C@H]3O)O[C@H]2CO)[C@@H](O)[C@H](O)[C@H]1O. The Kier molecular flexibility index (Phi) is 19.0. The zero-order valence-electron chi connectivity index (χ0n) is 49.8. The van der Waals surface area contributed by atoms with Gasteiger partial charge in [0.2, 0.25) is 6.29 Å². The number of carbonyl (C=O) groups is 1. The minimum Gasteiger partial charge on any atom is -0.432 e. The van der Waals surface area contributed by atoms with E-state index in [1.165, 1.54) is 12.5 Å². The van der Waals surface area contributed by atoms with Crippen LogP contribution < -0.4 is 0 Å². The minimum absolute atomic E-state index is 0.156. The lowest BCUT2D eigenvalue weighted by Gasteiger charge is -2.71. The highest BCUT2D eigenvalue weighted by Gasteiger charge is 2.70. The van der Waals surface area contributed by atoms with Gasteiger partial charge in [-0.25, -0.2) is 0 Å². The van der Waals surface area contributed by atoms with Gasteiger partial charge in [-0.05, 0) is 116 Å². The van der Waals surface area contributed by atoms with Crippen LogP contribution in [-0.4, -0.2) is 263 Å². The van der Waals surface area contributed by atoms with E-state index in [2.05, 4.69) is 54.5 Å². The van der Waals surface area contributed by atoms with Gasteiger partial charge in [-0.1, -0.05) is 60.1 Å². The molecule has 0 aromatic rings. The molecule has 0 radical (unpaired) electrons. The predicted octanol–water partition coefficient (Wildman–Crippen LogP) is -2.54. The fourth-order valence-electron chi connectivity index (χ4n) is 17.6. The maximum absolute atomic E-state index is 15.2. The van der Waals surface area contributed by atoms with Crippen molar-refractivity contribution in [3.05, 3.63) is 11.6 Å². The van der Waals surface area contributed by atoms with E-state index in [0.717, 1.165) is 25.7 Å². The highest BCUT2D eigenvalue weighted by Crippen LogP contribution is 2.76. The van der Waals surface area contributed by atoms with E-state index in [-0.39, 0.29) is 46.0 Å². The van der Waals surface area contributed by atoms with E-state index in [1.807, 2.05) is 0 Å². The summed E-state index contributed by atoms with van der Waals surface area (Å²) in [7, 11) is 0. The molecule has 9 fully saturated rings. The second kappa shape index (κ2) is 24.4. The molecule has 0 bridgehead atoms. The van der Waals surface area contributed by atoms with Gasteiger partial charge >= 0.3 is 5.97 Å². The second-order valence-electron chi connectivity index (χ2n) is 28.7. The second-order valence-corrected chi connectivity index (χ2v) is 28.7. The Morgan fingerprint density at radius 1 is 0.553 bits per heavy atom. The third-order valence-electron chi connectivity index (χ3n) is 23.1. The van der Waals surface area contributed by atoms with E-state index in [4.69, 9.17) is 47.4 Å². The molecular weight excluding hydrogens is 1120 g/mol. The molecule has 5 aliphatic carbocycles. The van der Waals surface area contributed by atoms with Gasteiger partial charge < -0.3 is 124 Å². The van der Waals surface area contributed by atoms with E-state index < -0.39 is 190 Å². The van der Waals surface area contributed by atoms with Gasteiger partial charge in [0.25, 0.3) is 0 Å². The number of ether oxygens (including phenoxy) is 10. The van der Waals surface area contributed by atoms with Crippen molar-refractivity contribution in [2.75, 3.05) is 26.4 Å². The number of hydrogen-bond acceptors (Lipinski definition) is 26. The molecule has 10 aliphatic rings. The lowest BCUT2D eigenvalue weighted by atomic mass is 9.33. The predicted molar refractivity (Wildman–Crippen MR) is 288 cm³/mol. The number of aliphatic hydroxyl groups is 15. The van der Waals surface area contributed by atoms with Crippen molar-refractivity contribution in [1.82, 2.24) is 0 Å². The molecule has 85 heavy (non-hydrogen) atoms. The Morgan fingerprint density at radius 2 is 1.13 bits per heavy atom. The molecule has 15 N–H and O–H groups in total. The molecule has 32 atom stereocenters. The summed E-state index contributed by atoms with van der Waals surface area (Å²) in [6.07, 6.45) is -29.3. The molecule has 0 aromatic heterocycles. The number of aliphatic hydroxyl groups excluding tert-OH is 15. The lowest BCUT2D eigenvalue weighted by Crippen LogP contribution is -2.66. The van der Waals surface area contributed by atoms with Crippen LogP contribution in [0.15, 0.2) is 11.6 Å². The van der Waals surface area contributed by atoms with Crippen molar-refractivity contribution in [1.29, 1.82) is 0 Å². The van der Waals surface area contributed by atoms with Gasteiger partial charge in [-0.3, -0.25) is 4.79 Å². The van der Waals surface area contributed by atoms with Crippen LogP contribution in [0.2, 0.25) is 0 Å². The first-order valence-electron chi connectivity index (χ1n) is 30.6. The van der Waals surface area contributed by atoms with Gasteiger partial charge in [0, 0.05) is 0 Å². The summed E-state index contributed by atoms with van der Waals surface area (Å²) >= 11 is 0. The first-order chi connectivity index (χ1) is 39.8. The fraction of sp³-hybridized carbons (Fsp3) is 0.949. The van der Waals surface area contributed by atoms with Crippen LogP contribution in [0.3, 0.4) is 0 Å². The van der Waals surface area contributed by atoms with Crippen LogP contribution in [0.1, 0.15) is 120 Å². The molecule has 0 aromatic carbocycles. The third-order valence-corrected chi connectivity index (χ3v) is 23.1. The molecule has 0 amide bonds. The highest BCUT2D eigenvalue weighted by molar-refractivity contribution is 5.79. The smallest absolute Gasteiger partial charge is 0.315 e. The van der Waals surface area contributed by atoms with Crippen LogP contribution >= 0.6 is 0 Å². The Hall–Kier alpha value is -1.75. The molecule has 4 saturated carbocycles. The van der Waals surface area contributed by atoms with Crippen LogP contribution in [0, 0.1) is 50.2 Å². The molecular formula is C59H96O26. The number of carbonyl (C=O) groups excluding carboxylic acids is 1. The first-order valence-corrected chi connectivity index (χ1v) is 30.6. The summed E-state index contributed by atoms with van der Waals surface area (Å²) in [5, 5.41) is 161. The zero-order chi connectivity index (χ0) is 62.0. The van der Waals surface area contributed by atoms with Gasteiger partial charge in [-0.15, -0.1) is 0 Å². The van der Waals surface area contributed by atoms with Crippen molar-refractivity contribution < 1.29 is 129 Å². The molecule has 5 heterocycles. The third kappa shape index (κ3) is 11.2. The summed E-state index contributed by atoms with van der Waals surface area (Å²) in [6, 6.07) is 0. The largest absolute Gasteiger partial charge is 0.432 e. The Bertz CT molecular complexity index is 2360. The molecule has 0 unspecified atom stereocenters. The molecule has 5 aliphatic heterocycles. The fourth-order valence-corrected chi connectivity index (χ4v) is 17.6. The average Bonchev–Trinajstić information content (AvgIpc) is 0.725. The number of hydrogen-bond donors (Lipinski definition) is 15. The van der Waals surface area contributed by atoms with Crippen LogP contribution in [0.5, 0.6) is 0 Å². The van der Waals surface area contributed by atoms with Gasteiger partial charge in [0.05, 0.1) is 44.1 Å². The van der Waals surface area contributed by atoms with E-state index in [1.54, 1.807) is 0 Å². The van der Waals surface area contributed by atoms with Crippen molar-refractivity contribution >= 4 is 5.97 Å². The van der Waals surface area contributed by atoms with E-state index in [9.17, 15) is 76.6 Å². The maximum atomic E-state index is 15.2. The van der Waals surface area contributed by atoms with Crippen LogP contribution in [0.25, 0.3) is 0 Å². The Morgan fingerprint density at radius 3 is 1.80 bits per heavy atom. The standard InChI is InChI=1S/C59H96O26/c1-24-34(63)37(66)41(70)50(78-24)84-47-29(21-61)80-48(44(73)40(47)69)77-23-30-36(65)39(68)43(72)52(81-30)85-53(75)59-17-15-54(2,3)19-26(59)25-9-10-32-56(6)13-12-33(55(4,5)31(56)11-14-58(32,8)57(25,7)16-18-59)82-49-45(74)46(27(62)22-76-49)83-51-42(71)38(67)35(64)28(20-60)79-51/h9,24,26-52,60-74H,10-23H2,1-8H3/t24-,26-,27-,28-,29-,30-,31+,32-,33-,34-,35-,36-,37+,38+,39+,40-,41-,42-,43-,44-,45-,46+,47-,48-,49+,50+,51+,52+,56+,57+,58+,59+/m0/s1. The monoisotopic (exact) mass is 1220 g/mol. The van der Waals surface area contributed by atoms with Gasteiger partial charge in [0.1, 0.15) is 110 Å². The molecule has 10 rings (SSSR count). The first kappa shape index (κ1) is 66.2. The van der Waals surface area contributed by atoms with Crippen LogP contribution in [0.4, 0.5) is 0 Å². The Balaban J connectivity index is 0.812. The molecule has 0 spiro atoms. The van der Waals surface area contributed by atoms with Crippen molar-refractivity contribution in [3.8, 4) is 0 Å². The number of rotatable bonds is 13. The van der Waals surface area contributed by atoms with Crippen LogP contribution in [-0.2, 0) is 52.2 Å². The minimum atomic E-state index is -1.89. The maximum Gasteiger partial charge on any atom is 0.315 e. The molecule has 488 valence electrons. The quantitative estimate of drug-likeness (QED) is 0.0513. The summed E-state index contributed by atoms with van der Waals surface area (Å²) in [6.45, 7) is 15.0.